The van der Waals surface area contributed by atoms with Crippen LogP contribution in [0.1, 0.15) is 6.92 Å². The zero-order chi connectivity index (χ0) is 56.7. The Morgan fingerprint density at radius 1 is 0.416 bits per heavy atom. The van der Waals surface area contributed by atoms with Gasteiger partial charge in [0.1, 0.15) is 146 Å². The van der Waals surface area contributed by atoms with Crippen LogP contribution in [-0.2, 0) is 66.4 Å². The predicted molar refractivity (Wildman–Crippen MR) is 235 cm³/mol. The summed E-state index contributed by atoms with van der Waals surface area (Å²) in [5.41, 5.74) is 0. The molecule has 35 heteroatoms. The van der Waals surface area contributed by atoms with E-state index in [4.69, 9.17) is 56.8 Å². The summed E-state index contributed by atoms with van der Waals surface area (Å²) in [4.78, 5) is 23.6. The third-order valence-electron chi connectivity index (χ3n) is 13.8. The van der Waals surface area contributed by atoms with Crippen LogP contribution in [0.2, 0.25) is 0 Å². The largest absolute Gasteiger partial charge is 0.394 e. The Balaban J connectivity index is 1.18. The van der Waals surface area contributed by atoms with E-state index in [0.29, 0.717) is 0 Å². The fourth-order valence-corrected chi connectivity index (χ4v) is 9.49. The second-order valence-electron chi connectivity index (χ2n) is 19.0. The first-order chi connectivity index (χ1) is 36.6. The van der Waals surface area contributed by atoms with Crippen molar-refractivity contribution >= 4 is 12.3 Å². The van der Waals surface area contributed by atoms with Gasteiger partial charge in [-0.2, -0.15) is 0 Å². The third kappa shape index (κ3) is 14.1. The minimum absolute atomic E-state index is 0.277. The molecule has 6 rings (SSSR count). The number of carbonyl (C=O) groups is 2. The van der Waals surface area contributed by atoms with Gasteiger partial charge in [-0.3, -0.25) is 9.59 Å². The van der Waals surface area contributed by atoms with Gasteiger partial charge in [0, 0.05) is 6.92 Å². The SMILES string of the molecule is CC(=O)N[C@H]1[C@H](O[C@H]2[C@@H](O)[C@@H](CO)O[C@H](O[C@@H]3[C@H](O)[C@@H](O)[C@H](O[C@H]4[C@H](O)[C@@H](O)[C@H](OC[C@@H](CO)NC=O)O[C@@H]4CO)O[C@@H]3CO)[C@@H]2O)O[C@H](CO)[C@H](O)[C@@H]1O[C@@H]1O[C@H](CO)[C@H](O)[C@H](O[C@H]2O[C@H](CO)[C@H](O)[C@H](O)[C@H]2O)[C@H]1O. The van der Waals surface area contributed by atoms with Gasteiger partial charge in [-0.25, -0.2) is 0 Å². The molecule has 6 aliphatic heterocycles. The summed E-state index contributed by atoms with van der Waals surface area (Å²) in [6.07, 6.45) is -55.7. The molecule has 6 aliphatic rings. The van der Waals surface area contributed by atoms with Crippen LogP contribution in [0.3, 0.4) is 0 Å². The van der Waals surface area contributed by atoms with Crippen molar-refractivity contribution in [3.05, 3.63) is 0 Å². The van der Waals surface area contributed by atoms with E-state index in [1.165, 1.54) is 0 Å². The topological polar surface area (TPSA) is 553 Å². The molecule has 0 unspecified atom stereocenters. The molecule has 6 saturated heterocycles. The average Bonchev–Trinajstić information content (AvgIpc) is 3.41. The first-order valence-corrected chi connectivity index (χ1v) is 24.3. The van der Waals surface area contributed by atoms with E-state index in [-0.39, 0.29) is 6.41 Å². The van der Waals surface area contributed by atoms with E-state index in [1.807, 2.05) is 0 Å². The summed E-state index contributed by atoms with van der Waals surface area (Å²) in [5, 5.41) is 208. The second kappa shape index (κ2) is 28.6. The maximum atomic E-state index is 12.8. The lowest BCUT2D eigenvalue weighted by atomic mass is 9.94. The molecule has 0 spiro atoms. The monoisotopic (exact) mass is 1130 g/mol. The molecule has 6 fully saturated rings. The van der Waals surface area contributed by atoms with Crippen molar-refractivity contribution in [3.63, 3.8) is 0 Å². The predicted octanol–water partition coefficient (Wildman–Crippen LogP) is -14.8. The average molecular weight is 1130 g/mol. The summed E-state index contributed by atoms with van der Waals surface area (Å²) >= 11 is 0. The number of hydrogen-bond donors (Lipinski definition) is 21. The van der Waals surface area contributed by atoms with Crippen molar-refractivity contribution in [2.45, 2.75) is 197 Å². The van der Waals surface area contributed by atoms with Crippen molar-refractivity contribution < 1.29 is 163 Å². The molecular weight excluding hydrogens is 1060 g/mol. The van der Waals surface area contributed by atoms with Crippen LogP contribution in [0.25, 0.3) is 0 Å². The van der Waals surface area contributed by atoms with Gasteiger partial charge in [0.25, 0.3) is 0 Å². The number of nitrogens with one attached hydrogen (secondary N) is 2. The number of aliphatic hydroxyl groups is 19. The van der Waals surface area contributed by atoms with Crippen LogP contribution in [0.4, 0.5) is 0 Å². The molecule has 77 heavy (non-hydrogen) atoms. The number of hydrogen-bond acceptors (Lipinski definition) is 33. The zero-order valence-corrected chi connectivity index (χ0v) is 40.8. The number of rotatable bonds is 23. The standard InChI is InChI=1S/C42H72N2O33/c1-11(53)44-19-34(75-42-31(65)36(23(57)16(6-49)70-42)77-39-27(61)24(58)20(54)13(3-46)68-39)21(55)14(4-47)67-37(19)76-35-22(56)15(5-48)69-41(30(35)64)74-33-18(8-51)72-40(29(63)26(33)60)73-32-17(7-50)71-38(28(62)25(32)59)66-9-12(2-45)43-10-52/h10,12-42,45-51,54-65H,2-9H2,1H3,(H,43,52)(H,44,53)/t12-,13-,14-,15-,16-,17-,18-,19-,20+,21+,22+,23+,24+,25-,26-,27-,28-,29-,30-,31-,32-,33+,34-,35+,36+,37+,38-,39-,40+,41-,42+/m1/s1. The number of carbonyl (C=O) groups excluding carboxylic acids is 2. The van der Waals surface area contributed by atoms with Crippen LogP contribution in [0.15, 0.2) is 0 Å². The van der Waals surface area contributed by atoms with Crippen molar-refractivity contribution in [2.24, 2.45) is 0 Å². The van der Waals surface area contributed by atoms with Crippen molar-refractivity contribution in [3.8, 4) is 0 Å². The highest BCUT2D eigenvalue weighted by atomic mass is 16.8. The highest BCUT2D eigenvalue weighted by Crippen LogP contribution is 2.37. The Kier molecular flexibility index (Phi) is 23.7. The van der Waals surface area contributed by atoms with Gasteiger partial charge in [-0.1, -0.05) is 0 Å². The Bertz CT molecular complexity index is 1800. The Morgan fingerprint density at radius 2 is 0.753 bits per heavy atom. The fourth-order valence-electron chi connectivity index (χ4n) is 9.49. The molecule has 31 atom stereocenters. The molecule has 0 aromatic heterocycles. The van der Waals surface area contributed by atoms with Gasteiger partial charge >= 0.3 is 0 Å². The lowest BCUT2D eigenvalue weighted by molar-refractivity contribution is -0.391. The van der Waals surface area contributed by atoms with E-state index in [2.05, 4.69) is 10.6 Å². The minimum atomic E-state index is -2.25. The number of aliphatic hydroxyl groups excluding tert-OH is 19. The lowest BCUT2D eigenvalue weighted by Crippen LogP contribution is -2.70. The Hall–Kier alpha value is -2.30. The molecular formula is C42H72N2O33. The Morgan fingerprint density at radius 3 is 1.18 bits per heavy atom. The lowest BCUT2D eigenvalue weighted by Gasteiger charge is -2.50. The number of amides is 2. The van der Waals surface area contributed by atoms with Gasteiger partial charge < -0.3 is 164 Å². The maximum absolute atomic E-state index is 12.8. The molecule has 0 aliphatic carbocycles. The third-order valence-corrected chi connectivity index (χ3v) is 13.8. The highest BCUT2D eigenvalue weighted by molar-refractivity contribution is 5.73. The summed E-state index contributed by atoms with van der Waals surface area (Å²) in [6.45, 7) is -5.96. The molecule has 0 bridgehead atoms. The van der Waals surface area contributed by atoms with Gasteiger partial charge in [0.05, 0.1) is 58.9 Å². The first-order valence-electron chi connectivity index (χ1n) is 24.3. The van der Waals surface area contributed by atoms with Gasteiger partial charge in [0.15, 0.2) is 37.7 Å². The van der Waals surface area contributed by atoms with E-state index < -0.39 is 249 Å². The van der Waals surface area contributed by atoms with Crippen LogP contribution < -0.4 is 10.6 Å². The molecule has 0 aromatic carbocycles. The van der Waals surface area contributed by atoms with Crippen molar-refractivity contribution in [2.75, 3.05) is 52.9 Å². The van der Waals surface area contributed by atoms with Crippen molar-refractivity contribution in [1.29, 1.82) is 0 Å². The van der Waals surface area contributed by atoms with E-state index in [1.54, 1.807) is 0 Å². The first kappa shape index (κ1) is 63.9. The fraction of sp³-hybridized carbons (Fsp3) is 0.952. The molecule has 35 nitrogen and oxygen atoms in total. The second-order valence-corrected chi connectivity index (χ2v) is 19.0. The van der Waals surface area contributed by atoms with E-state index in [9.17, 15) is 107 Å². The summed E-state index contributed by atoms with van der Waals surface area (Å²) in [6, 6.07) is -2.77. The summed E-state index contributed by atoms with van der Waals surface area (Å²) in [5.74, 6) is -0.887. The zero-order valence-electron chi connectivity index (χ0n) is 40.8. The highest BCUT2D eigenvalue weighted by Gasteiger charge is 2.58. The molecule has 0 radical (unpaired) electrons. The summed E-state index contributed by atoms with van der Waals surface area (Å²) < 4.78 is 68.0. The van der Waals surface area contributed by atoms with Crippen molar-refractivity contribution in [1.82, 2.24) is 10.6 Å². The number of ether oxygens (including phenoxy) is 12. The van der Waals surface area contributed by atoms with E-state index >= 15 is 0 Å². The Labute approximate surface area is 436 Å². The molecule has 21 N–H and O–H groups in total. The van der Waals surface area contributed by atoms with Crippen LogP contribution in [0.5, 0.6) is 0 Å². The normalized spacial score (nSPS) is 48.2. The van der Waals surface area contributed by atoms with Gasteiger partial charge in [-0.05, 0) is 0 Å². The van der Waals surface area contributed by atoms with Crippen LogP contribution >= 0.6 is 0 Å². The van der Waals surface area contributed by atoms with Crippen LogP contribution in [-0.4, -0.2) is 352 Å². The maximum Gasteiger partial charge on any atom is 0.217 e. The van der Waals surface area contributed by atoms with Gasteiger partial charge in [-0.15, -0.1) is 0 Å². The van der Waals surface area contributed by atoms with E-state index in [0.717, 1.165) is 6.92 Å². The molecule has 0 saturated carbocycles. The molecule has 0 aromatic rings. The molecule has 2 amide bonds. The smallest absolute Gasteiger partial charge is 0.217 e. The molecule has 448 valence electrons. The minimum Gasteiger partial charge on any atom is -0.394 e. The summed E-state index contributed by atoms with van der Waals surface area (Å²) in [7, 11) is 0. The molecule has 6 heterocycles. The van der Waals surface area contributed by atoms with Gasteiger partial charge in [0.2, 0.25) is 12.3 Å². The quantitative estimate of drug-likeness (QED) is 0.0423. The van der Waals surface area contributed by atoms with Crippen LogP contribution in [0, 0.1) is 0 Å².